The molecule has 9 nitrogen and oxygen atoms in total. The number of fused-ring (bicyclic) bond motifs is 1. The first kappa shape index (κ1) is 26.7. The molecule has 2 aromatic heterocycles. The Bertz CT molecular complexity index is 1350. The van der Waals surface area contributed by atoms with E-state index >= 15 is 0 Å². The number of hydrogen-bond donors (Lipinski definition) is 3. The van der Waals surface area contributed by atoms with Crippen molar-refractivity contribution in [3.8, 4) is 11.3 Å². The van der Waals surface area contributed by atoms with Crippen LogP contribution in [0.4, 0.5) is 23.9 Å². The van der Waals surface area contributed by atoms with Gasteiger partial charge in [-0.3, -0.25) is 0 Å². The lowest BCUT2D eigenvalue weighted by atomic mass is 10.0. The zero-order chi connectivity index (χ0) is 27.1. The quantitative estimate of drug-likeness (QED) is 0.349. The molecule has 3 aromatic rings. The molecule has 13 heteroatoms. The number of hydrogen-bond acceptors (Lipinski definition) is 6. The van der Waals surface area contributed by atoms with E-state index in [1.807, 2.05) is 0 Å². The number of aromatic nitrogens is 3. The summed E-state index contributed by atoms with van der Waals surface area (Å²) >= 11 is 3.22. The second-order valence-corrected chi connectivity index (χ2v) is 10.5. The maximum atomic E-state index is 13.9. The van der Waals surface area contributed by atoms with Crippen molar-refractivity contribution in [2.24, 2.45) is 0 Å². The molecule has 1 fully saturated rings. The number of benzene rings is 1. The Morgan fingerprint density at radius 1 is 1.27 bits per heavy atom. The number of nitrogens with zero attached hydrogens (tertiary/aromatic N) is 3. The number of aromatic amines is 1. The molecular formula is C24H25BrF3N5O4. The number of piperidine rings is 1. The van der Waals surface area contributed by atoms with Crippen LogP contribution < -0.4 is 5.32 Å². The van der Waals surface area contributed by atoms with Crippen molar-refractivity contribution in [2.45, 2.75) is 51.4 Å². The van der Waals surface area contributed by atoms with Crippen molar-refractivity contribution in [2.75, 3.05) is 18.4 Å². The van der Waals surface area contributed by atoms with Crippen molar-refractivity contribution >= 4 is 44.8 Å². The number of aromatic carboxylic acids is 1. The van der Waals surface area contributed by atoms with E-state index in [1.54, 1.807) is 25.7 Å². The molecule has 0 spiro atoms. The van der Waals surface area contributed by atoms with Crippen molar-refractivity contribution in [1.29, 1.82) is 0 Å². The number of carboxylic acid groups (broad SMARTS) is 1. The number of H-pyrrole nitrogens is 1. The van der Waals surface area contributed by atoms with Gasteiger partial charge < -0.3 is 25.0 Å². The monoisotopic (exact) mass is 583 g/mol. The molecule has 1 amide bonds. The van der Waals surface area contributed by atoms with Crippen molar-refractivity contribution in [1.82, 2.24) is 19.9 Å². The summed E-state index contributed by atoms with van der Waals surface area (Å²) < 4.78 is 47.3. The third-order valence-electron chi connectivity index (χ3n) is 5.78. The minimum atomic E-state index is -4.73. The number of alkyl halides is 3. The summed E-state index contributed by atoms with van der Waals surface area (Å²) in [7, 11) is 0. The summed E-state index contributed by atoms with van der Waals surface area (Å²) in [4.78, 5) is 36.4. The second kappa shape index (κ2) is 9.84. The van der Waals surface area contributed by atoms with Crippen LogP contribution in [-0.2, 0) is 10.9 Å². The minimum absolute atomic E-state index is 0.0189. The van der Waals surface area contributed by atoms with Crippen molar-refractivity contribution in [3.05, 3.63) is 40.1 Å². The summed E-state index contributed by atoms with van der Waals surface area (Å²) in [5.41, 5.74) is -1.60. The Morgan fingerprint density at radius 2 is 2.00 bits per heavy atom. The molecule has 3 heterocycles. The van der Waals surface area contributed by atoms with Gasteiger partial charge in [0.05, 0.1) is 21.2 Å². The van der Waals surface area contributed by atoms with Crippen LogP contribution in [0.1, 0.15) is 49.5 Å². The van der Waals surface area contributed by atoms with E-state index in [4.69, 9.17) is 4.74 Å². The Kier molecular flexibility index (Phi) is 7.10. The first-order valence-electron chi connectivity index (χ1n) is 11.5. The zero-order valence-electron chi connectivity index (χ0n) is 20.2. The second-order valence-electron chi connectivity index (χ2n) is 9.72. The minimum Gasteiger partial charge on any atom is -0.478 e. The van der Waals surface area contributed by atoms with Gasteiger partial charge in [-0.15, -0.1) is 0 Å². The summed E-state index contributed by atoms with van der Waals surface area (Å²) in [6.45, 7) is 6.11. The molecule has 1 aromatic carbocycles. The molecule has 0 bridgehead atoms. The molecule has 37 heavy (non-hydrogen) atoms. The number of ether oxygens (including phenoxy) is 1. The number of anilines is 1. The first-order valence-corrected chi connectivity index (χ1v) is 12.3. The molecule has 1 saturated heterocycles. The SMILES string of the molecule is CC(C)(C)OC(=O)N1CCCC(Nc2ncc(C(F)(F)F)c(-c3c[nH]c4c(Br)c(C(=O)O)ccc34)n2)C1. The van der Waals surface area contributed by atoms with Crippen LogP contribution in [0.25, 0.3) is 22.2 Å². The van der Waals surface area contributed by atoms with Crippen LogP contribution in [0.2, 0.25) is 0 Å². The number of amides is 1. The third-order valence-corrected chi connectivity index (χ3v) is 6.60. The fraction of sp³-hybridized carbons (Fsp3) is 0.417. The average molecular weight is 584 g/mol. The molecule has 4 rings (SSSR count). The lowest BCUT2D eigenvalue weighted by Gasteiger charge is -2.34. The summed E-state index contributed by atoms with van der Waals surface area (Å²) in [6.07, 6.45) is -1.78. The van der Waals surface area contributed by atoms with E-state index in [2.05, 4.69) is 36.2 Å². The predicted molar refractivity (Wildman–Crippen MR) is 133 cm³/mol. The van der Waals surface area contributed by atoms with E-state index in [-0.39, 0.29) is 39.8 Å². The van der Waals surface area contributed by atoms with Crippen LogP contribution in [-0.4, -0.2) is 61.8 Å². The maximum absolute atomic E-state index is 13.9. The number of nitrogens with one attached hydrogen (secondary N) is 2. The number of halogens is 4. The third kappa shape index (κ3) is 5.81. The Balaban J connectivity index is 1.67. The number of likely N-dealkylation sites (tertiary alicyclic amines) is 1. The Hall–Kier alpha value is -3.35. The molecule has 0 aliphatic carbocycles. The number of carbonyl (C=O) groups is 2. The Labute approximate surface area is 218 Å². The molecule has 0 saturated carbocycles. The maximum Gasteiger partial charge on any atom is 0.419 e. The largest absolute Gasteiger partial charge is 0.478 e. The number of carbonyl (C=O) groups excluding carboxylic acids is 1. The Morgan fingerprint density at radius 3 is 2.65 bits per heavy atom. The van der Waals surface area contributed by atoms with Crippen LogP contribution in [0.5, 0.6) is 0 Å². The van der Waals surface area contributed by atoms with E-state index in [0.717, 1.165) is 6.20 Å². The van der Waals surface area contributed by atoms with Crippen LogP contribution in [0.3, 0.4) is 0 Å². The fourth-order valence-electron chi connectivity index (χ4n) is 4.16. The molecule has 0 radical (unpaired) electrons. The van der Waals surface area contributed by atoms with Crippen molar-refractivity contribution < 1.29 is 32.6 Å². The molecule has 3 N–H and O–H groups in total. The summed E-state index contributed by atoms with van der Waals surface area (Å²) in [5.74, 6) is -1.20. The van der Waals surface area contributed by atoms with E-state index in [1.165, 1.54) is 18.3 Å². The smallest absolute Gasteiger partial charge is 0.419 e. The fourth-order valence-corrected chi connectivity index (χ4v) is 4.79. The lowest BCUT2D eigenvalue weighted by Crippen LogP contribution is -2.47. The predicted octanol–water partition coefficient (Wildman–Crippen LogP) is 5.92. The molecule has 1 atom stereocenters. The van der Waals surface area contributed by atoms with Gasteiger partial charge in [-0.2, -0.15) is 13.2 Å². The van der Waals surface area contributed by atoms with Gasteiger partial charge in [-0.05, 0) is 55.6 Å². The highest BCUT2D eigenvalue weighted by molar-refractivity contribution is 9.10. The highest BCUT2D eigenvalue weighted by Crippen LogP contribution is 2.40. The van der Waals surface area contributed by atoms with Gasteiger partial charge in [0.15, 0.2) is 0 Å². The number of rotatable bonds is 4. The summed E-state index contributed by atoms with van der Waals surface area (Å²) in [6, 6.07) is 2.46. The van der Waals surface area contributed by atoms with Gasteiger partial charge in [0.2, 0.25) is 5.95 Å². The van der Waals surface area contributed by atoms with Gasteiger partial charge in [0.1, 0.15) is 11.2 Å². The molecule has 1 aliphatic heterocycles. The zero-order valence-corrected chi connectivity index (χ0v) is 21.8. The van der Waals surface area contributed by atoms with Gasteiger partial charge in [-0.1, -0.05) is 6.07 Å². The molecule has 1 unspecified atom stereocenters. The van der Waals surface area contributed by atoms with Crippen LogP contribution in [0, 0.1) is 0 Å². The lowest BCUT2D eigenvalue weighted by molar-refractivity contribution is -0.137. The van der Waals surface area contributed by atoms with E-state index in [9.17, 15) is 27.9 Å². The van der Waals surface area contributed by atoms with Gasteiger partial charge >= 0.3 is 18.2 Å². The molecular weight excluding hydrogens is 559 g/mol. The van der Waals surface area contributed by atoms with Gasteiger partial charge in [0.25, 0.3) is 0 Å². The van der Waals surface area contributed by atoms with Crippen LogP contribution in [0.15, 0.2) is 29.0 Å². The van der Waals surface area contributed by atoms with Crippen molar-refractivity contribution in [3.63, 3.8) is 0 Å². The van der Waals surface area contributed by atoms with E-state index in [0.29, 0.717) is 30.3 Å². The number of carboxylic acids is 1. The highest BCUT2D eigenvalue weighted by Gasteiger charge is 2.36. The van der Waals surface area contributed by atoms with Crippen LogP contribution >= 0.6 is 15.9 Å². The topological polar surface area (TPSA) is 120 Å². The first-order chi connectivity index (χ1) is 17.2. The van der Waals surface area contributed by atoms with Gasteiger partial charge in [0, 0.05) is 42.5 Å². The normalized spacial score (nSPS) is 16.6. The molecule has 1 aliphatic rings. The van der Waals surface area contributed by atoms with Gasteiger partial charge in [-0.25, -0.2) is 19.6 Å². The molecule has 198 valence electrons. The standard InChI is InChI=1S/C24H25BrF3N5O4/c1-23(2,3)37-22(36)33-8-4-5-12(11-33)31-21-30-10-16(24(26,27)28)18(32-21)15-9-29-19-13(15)6-7-14(17(19)25)20(34)35/h6-7,9-10,12,29H,4-5,8,11H2,1-3H3,(H,34,35)(H,30,31,32). The summed E-state index contributed by atoms with van der Waals surface area (Å²) in [5, 5.41) is 12.8. The average Bonchev–Trinajstić information content (AvgIpc) is 3.22. The van der Waals surface area contributed by atoms with E-state index < -0.39 is 29.4 Å². The highest BCUT2D eigenvalue weighted by atomic mass is 79.9.